The molecule has 10 rings (SSSR count). The van der Waals surface area contributed by atoms with E-state index in [0.717, 1.165) is 66.1 Å². The molecule has 56 heavy (non-hydrogen) atoms. The van der Waals surface area contributed by atoms with Crippen molar-refractivity contribution in [2.24, 2.45) is 0 Å². The van der Waals surface area contributed by atoms with E-state index in [9.17, 15) is 0 Å². The van der Waals surface area contributed by atoms with Crippen LogP contribution in [0.15, 0.2) is 194 Å². The Labute approximate surface area is 324 Å². The van der Waals surface area contributed by atoms with Crippen molar-refractivity contribution in [3.63, 3.8) is 0 Å². The van der Waals surface area contributed by atoms with E-state index < -0.39 is 0 Å². The zero-order valence-electron chi connectivity index (χ0n) is 30.2. The van der Waals surface area contributed by atoms with Gasteiger partial charge in [-0.15, -0.1) is 0 Å². The molecule has 0 aliphatic rings. The van der Waals surface area contributed by atoms with Gasteiger partial charge in [0.25, 0.3) is 0 Å². The lowest BCUT2D eigenvalue weighted by Gasteiger charge is -2.16. The summed E-state index contributed by atoms with van der Waals surface area (Å²) in [5.74, 6) is 3.60. The number of hydrogen-bond donors (Lipinski definition) is 0. The summed E-state index contributed by atoms with van der Waals surface area (Å²) in [6.45, 7) is 0. The highest BCUT2D eigenvalue weighted by molar-refractivity contribution is 6.05. The number of benzene rings is 8. The minimum atomic E-state index is 0.578. The van der Waals surface area contributed by atoms with Gasteiger partial charge < -0.3 is 0 Å². The van der Waals surface area contributed by atoms with Gasteiger partial charge in [0.1, 0.15) is 0 Å². The first-order valence-electron chi connectivity index (χ1n) is 18.6. The Morgan fingerprint density at radius 2 is 0.554 bits per heavy atom. The monoisotopic (exact) mass is 716 g/mol. The minimum Gasteiger partial charge on any atom is -0.208 e. The van der Waals surface area contributed by atoms with Crippen LogP contribution in [0, 0.1) is 0 Å². The highest BCUT2D eigenvalue weighted by Gasteiger charge is 2.21. The summed E-state index contributed by atoms with van der Waals surface area (Å²) in [6.07, 6.45) is 0. The van der Waals surface area contributed by atoms with Crippen LogP contribution < -0.4 is 0 Å². The Hall–Kier alpha value is -7.70. The third-order valence-corrected chi connectivity index (χ3v) is 10.0. The normalized spacial score (nSPS) is 11.2. The number of hydrogen-bond acceptors (Lipinski definition) is 6. The third-order valence-electron chi connectivity index (χ3n) is 10.0. The Morgan fingerprint density at radius 3 is 1.04 bits per heavy atom. The van der Waals surface area contributed by atoms with Gasteiger partial charge >= 0.3 is 0 Å². The molecule has 0 radical (unpaired) electrons. The molecule has 0 saturated carbocycles. The van der Waals surface area contributed by atoms with Crippen molar-refractivity contribution < 1.29 is 0 Å². The van der Waals surface area contributed by atoms with Crippen LogP contribution in [0.3, 0.4) is 0 Å². The first-order valence-corrected chi connectivity index (χ1v) is 18.6. The van der Waals surface area contributed by atoms with Gasteiger partial charge in [0.05, 0.1) is 0 Å². The van der Waals surface area contributed by atoms with Gasteiger partial charge in [-0.1, -0.05) is 182 Å². The quantitative estimate of drug-likeness (QED) is 0.163. The summed E-state index contributed by atoms with van der Waals surface area (Å²) in [4.78, 5) is 30.8. The van der Waals surface area contributed by atoms with Gasteiger partial charge in [-0.3, -0.25) is 0 Å². The summed E-state index contributed by atoms with van der Waals surface area (Å²) >= 11 is 0. The van der Waals surface area contributed by atoms with Gasteiger partial charge in [-0.05, 0) is 44.8 Å². The fourth-order valence-electron chi connectivity index (χ4n) is 7.31. The van der Waals surface area contributed by atoms with Crippen molar-refractivity contribution in [1.29, 1.82) is 0 Å². The van der Waals surface area contributed by atoms with Crippen LogP contribution >= 0.6 is 0 Å². The first kappa shape index (κ1) is 32.9. The largest absolute Gasteiger partial charge is 0.208 e. The van der Waals surface area contributed by atoms with Crippen molar-refractivity contribution in [2.75, 3.05) is 0 Å². The van der Waals surface area contributed by atoms with Crippen molar-refractivity contribution >= 4 is 21.5 Å². The molecule has 6 nitrogen and oxygen atoms in total. The van der Waals surface area contributed by atoms with E-state index in [2.05, 4.69) is 84.9 Å². The molecule has 8 aromatic carbocycles. The molecule has 0 aliphatic heterocycles. The van der Waals surface area contributed by atoms with E-state index >= 15 is 0 Å². The van der Waals surface area contributed by atoms with Gasteiger partial charge in [0.15, 0.2) is 34.9 Å². The molecule has 262 valence electrons. The Kier molecular flexibility index (Phi) is 8.39. The Bertz CT molecular complexity index is 2950. The zero-order valence-corrected chi connectivity index (χ0v) is 30.2. The Balaban J connectivity index is 1.21. The fourth-order valence-corrected chi connectivity index (χ4v) is 7.31. The minimum absolute atomic E-state index is 0.578. The second kappa shape index (κ2) is 14.3. The topological polar surface area (TPSA) is 77.3 Å². The average Bonchev–Trinajstić information content (AvgIpc) is 3.29. The maximum atomic E-state index is 5.33. The molecule has 0 amide bonds. The van der Waals surface area contributed by atoms with Crippen LogP contribution in [-0.2, 0) is 0 Å². The van der Waals surface area contributed by atoms with Crippen LogP contribution in [0.1, 0.15) is 0 Å². The van der Waals surface area contributed by atoms with Crippen molar-refractivity contribution in [1.82, 2.24) is 29.9 Å². The van der Waals surface area contributed by atoms with Gasteiger partial charge in [-0.2, -0.15) is 0 Å². The lowest BCUT2D eigenvalue weighted by molar-refractivity contribution is 1.07. The van der Waals surface area contributed by atoms with E-state index in [4.69, 9.17) is 29.9 Å². The summed E-state index contributed by atoms with van der Waals surface area (Å²) < 4.78 is 0. The second-order valence-electron chi connectivity index (χ2n) is 13.5. The number of aromatic nitrogens is 6. The number of fused-ring (bicyclic) bond motifs is 2. The predicted molar refractivity (Wildman–Crippen MR) is 226 cm³/mol. The SMILES string of the molecule is c1ccc(-c2nc(-c3ccccc3)nc(-c3ccc(-c4nc(-c5ccccc5)nc(-c5c(-c6ccccc6)ccc6ccccc56)n4)c4ccccc34)n2)cc1. The lowest BCUT2D eigenvalue weighted by atomic mass is 9.93. The van der Waals surface area contributed by atoms with Gasteiger partial charge in [-0.25, -0.2) is 29.9 Å². The van der Waals surface area contributed by atoms with Crippen LogP contribution in [0.25, 0.3) is 101 Å². The van der Waals surface area contributed by atoms with E-state index in [1.54, 1.807) is 0 Å². The summed E-state index contributed by atoms with van der Waals surface area (Å²) in [5.41, 5.74) is 7.63. The molecule has 0 unspecified atom stereocenters. The molecule has 0 aliphatic carbocycles. The Morgan fingerprint density at radius 1 is 0.214 bits per heavy atom. The van der Waals surface area contributed by atoms with Gasteiger partial charge in [0, 0.05) is 33.4 Å². The van der Waals surface area contributed by atoms with Crippen LogP contribution in [0.5, 0.6) is 0 Å². The predicted octanol–water partition coefficient (Wildman–Crippen LogP) is 12.0. The van der Waals surface area contributed by atoms with Gasteiger partial charge in [0.2, 0.25) is 0 Å². The van der Waals surface area contributed by atoms with E-state index in [0.29, 0.717) is 34.9 Å². The summed E-state index contributed by atoms with van der Waals surface area (Å²) in [5, 5.41) is 4.14. The average molecular weight is 717 g/mol. The highest BCUT2D eigenvalue weighted by atomic mass is 15.0. The second-order valence-corrected chi connectivity index (χ2v) is 13.5. The molecule has 0 fully saturated rings. The zero-order chi connectivity index (χ0) is 37.3. The maximum absolute atomic E-state index is 5.33. The molecule has 10 aromatic rings. The van der Waals surface area contributed by atoms with Crippen molar-refractivity contribution in [3.05, 3.63) is 194 Å². The smallest absolute Gasteiger partial charge is 0.165 e. The molecular weight excluding hydrogens is 685 g/mol. The van der Waals surface area contributed by atoms with Crippen molar-refractivity contribution in [2.45, 2.75) is 0 Å². The van der Waals surface area contributed by atoms with Crippen LogP contribution in [0.4, 0.5) is 0 Å². The maximum Gasteiger partial charge on any atom is 0.165 e. The number of rotatable bonds is 7. The van der Waals surface area contributed by atoms with E-state index in [-0.39, 0.29) is 0 Å². The van der Waals surface area contributed by atoms with E-state index in [1.165, 1.54) is 0 Å². The summed E-state index contributed by atoms with van der Waals surface area (Å²) in [7, 11) is 0. The molecule has 0 saturated heterocycles. The number of nitrogens with zero attached hydrogens (tertiary/aromatic N) is 6. The molecule has 0 N–H and O–H groups in total. The summed E-state index contributed by atoms with van der Waals surface area (Å²) in [6, 6.07) is 65.9. The van der Waals surface area contributed by atoms with E-state index in [1.807, 2.05) is 109 Å². The standard InChI is InChI=1S/C50H32N6/c1-5-17-33(18-6-1)39-30-29-34-19-13-14-26-38(34)44(39)50-55-47(37-24-11-4-12-25-37)54-49(56-50)43-32-31-42(40-27-15-16-28-41(40)43)48-52-45(35-20-7-2-8-21-35)51-46(53-48)36-22-9-3-10-23-36/h1-32H. The van der Waals surface area contributed by atoms with Crippen molar-refractivity contribution in [3.8, 4) is 79.5 Å². The lowest BCUT2D eigenvalue weighted by Crippen LogP contribution is -2.03. The molecule has 0 spiro atoms. The van der Waals surface area contributed by atoms with Crippen LogP contribution in [-0.4, -0.2) is 29.9 Å². The third kappa shape index (κ3) is 6.15. The highest BCUT2D eigenvalue weighted by Crippen LogP contribution is 2.40. The van der Waals surface area contributed by atoms with Crippen LogP contribution in [0.2, 0.25) is 0 Å². The molecule has 0 atom stereocenters. The fraction of sp³-hybridized carbons (Fsp3) is 0. The first-order chi connectivity index (χ1) is 27.8. The molecule has 2 heterocycles. The molecule has 6 heteroatoms. The molecule has 0 bridgehead atoms. The molecular formula is C50H32N6. The molecule has 2 aromatic heterocycles.